The van der Waals surface area contributed by atoms with Gasteiger partial charge in [-0.25, -0.2) is 0 Å². The van der Waals surface area contributed by atoms with Gasteiger partial charge in [-0.15, -0.1) is 0 Å². The van der Waals surface area contributed by atoms with Gasteiger partial charge in [0.05, 0.1) is 0 Å². The molecule has 0 aromatic heterocycles. The first-order chi connectivity index (χ1) is 11.6. The van der Waals surface area contributed by atoms with Gasteiger partial charge in [-0.05, 0) is 32.1 Å². The smallest absolute Gasteiger partial charge is 0.353 e. The predicted molar refractivity (Wildman–Crippen MR) is 77.8 cm³/mol. The molecule has 0 N–H and O–H groups in total. The second-order valence-corrected chi connectivity index (χ2v) is 6.31. The molecule has 1 fully saturated rings. The lowest BCUT2D eigenvalue weighted by atomic mass is 10.0. The normalized spacial score (nSPS) is 20.0. The molecule has 0 aromatic carbocycles. The molecular weight excluding hydrogens is 357 g/mol. The third-order valence-electron chi connectivity index (χ3n) is 4.14. The van der Waals surface area contributed by atoms with Crippen molar-refractivity contribution in [3.63, 3.8) is 0 Å². The summed E-state index contributed by atoms with van der Waals surface area (Å²) in [6.07, 6.45) is -2.33. The van der Waals surface area contributed by atoms with Crippen LogP contribution in [0.3, 0.4) is 0 Å². The van der Waals surface area contributed by atoms with Gasteiger partial charge >= 0.3 is 18.0 Å². The minimum Gasteiger partial charge on any atom is -0.353 e. The Bertz CT molecular complexity index is 366. The number of unbranched alkanes of at least 4 members (excludes halogenated alkanes) is 5. The van der Waals surface area contributed by atoms with E-state index in [0.29, 0.717) is 26.1 Å². The number of hydrogen-bond donors (Lipinski definition) is 0. The molecule has 0 spiro atoms. The summed E-state index contributed by atoms with van der Waals surface area (Å²) in [5, 5.41) is 0. The topological polar surface area (TPSA) is 18.5 Å². The average Bonchev–Trinajstić information content (AvgIpc) is 2.53. The van der Waals surface area contributed by atoms with Crippen LogP contribution in [0, 0.1) is 0 Å². The van der Waals surface area contributed by atoms with E-state index in [4.69, 9.17) is 9.47 Å². The van der Waals surface area contributed by atoms with Crippen LogP contribution in [0.15, 0.2) is 0 Å². The quantitative estimate of drug-likeness (QED) is 0.318. The average molecular weight is 382 g/mol. The van der Waals surface area contributed by atoms with Crippen molar-refractivity contribution in [3.05, 3.63) is 0 Å². The van der Waals surface area contributed by atoms with Gasteiger partial charge in [0.15, 0.2) is 6.29 Å². The highest BCUT2D eigenvalue weighted by Crippen LogP contribution is 2.48. The molecule has 1 aliphatic heterocycles. The summed E-state index contributed by atoms with van der Waals surface area (Å²) >= 11 is 0. The third kappa shape index (κ3) is 7.29. The molecule has 1 atom stereocenters. The van der Waals surface area contributed by atoms with Crippen LogP contribution in [0.4, 0.5) is 30.7 Å². The molecule has 2 nitrogen and oxygen atoms in total. The van der Waals surface area contributed by atoms with Gasteiger partial charge in [-0.3, -0.25) is 0 Å². The van der Waals surface area contributed by atoms with Crippen molar-refractivity contribution in [3.8, 4) is 0 Å². The van der Waals surface area contributed by atoms with Crippen LogP contribution in [0.25, 0.3) is 0 Å². The van der Waals surface area contributed by atoms with Crippen LogP contribution in [0.1, 0.15) is 64.2 Å². The maximum atomic E-state index is 13.1. The molecule has 150 valence electrons. The zero-order valence-electron chi connectivity index (χ0n) is 14.0. The fourth-order valence-corrected chi connectivity index (χ4v) is 2.58. The Morgan fingerprint density at radius 3 is 1.96 bits per heavy atom. The van der Waals surface area contributed by atoms with Crippen LogP contribution >= 0.6 is 0 Å². The van der Waals surface area contributed by atoms with Crippen molar-refractivity contribution >= 4 is 0 Å². The Morgan fingerprint density at radius 1 is 0.800 bits per heavy atom. The monoisotopic (exact) mass is 382 g/mol. The van der Waals surface area contributed by atoms with E-state index >= 15 is 0 Å². The molecule has 1 unspecified atom stereocenters. The van der Waals surface area contributed by atoms with E-state index in [9.17, 15) is 30.7 Å². The summed E-state index contributed by atoms with van der Waals surface area (Å²) in [5.74, 6) is -11.1. The molecule has 1 heterocycles. The van der Waals surface area contributed by atoms with Gasteiger partial charge in [-0.2, -0.15) is 30.7 Å². The van der Waals surface area contributed by atoms with E-state index in [1.165, 1.54) is 0 Å². The Morgan fingerprint density at radius 2 is 1.40 bits per heavy atom. The predicted octanol–water partition coefficient (Wildman–Crippen LogP) is 6.09. The Kier molecular flexibility index (Phi) is 8.94. The molecule has 1 aliphatic rings. The zero-order valence-corrected chi connectivity index (χ0v) is 14.0. The minimum absolute atomic E-state index is 0.161. The molecule has 0 aliphatic carbocycles. The Balaban J connectivity index is 2.04. The lowest BCUT2D eigenvalue weighted by Crippen LogP contribution is -2.51. The highest BCUT2D eigenvalue weighted by Gasteiger charge is 2.72. The second-order valence-electron chi connectivity index (χ2n) is 6.31. The first-order valence-electron chi connectivity index (χ1n) is 8.63. The number of ether oxygens (including phenoxy) is 2. The summed E-state index contributed by atoms with van der Waals surface area (Å²) in [4.78, 5) is 0. The molecule has 0 radical (unpaired) electrons. The van der Waals surface area contributed by atoms with Crippen molar-refractivity contribution < 1.29 is 40.2 Å². The third-order valence-corrected chi connectivity index (χ3v) is 4.14. The van der Waals surface area contributed by atoms with E-state index < -0.39 is 24.4 Å². The number of hydrogen-bond acceptors (Lipinski definition) is 2. The summed E-state index contributed by atoms with van der Waals surface area (Å²) < 4.78 is 98.2. The molecular formula is C16H25F7O2. The van der Waals surface area contributed by atoms with Crippen molar-refractivity contribution in [2.75, 3.05) is 13.2 Å². The lowest BCUT2D eigenvalue weighted by molar-refractivity contribution is -0.355. The highest BCUT2D eigenvalue weighted by atomic mass is 19.4. The van der Waals surface area contributed by atoms with Gasteiger partial charge in [0.2, 0.25) is 0 Å². The number of rotatable bonds is 11. The molecule has 1 rings (SSSR count). The van der Waals surface area contributed by atoms with E-state index in [1.807, 2.05) is 0 Å². The maximum Gasteiger partial charge on any atom is 0.459 e. The van der Waals surface area contributed by atoms with Gasteiger partial charge < -0.3 is 9.47 Å². The van der Waals surface area contributed by atoms with Crippen molar-refractivity contribution in [1.82, 2.24) is 0 Å². The fraction of sp³-hybridized carbons (Fsp3) is 1.00. The van der Waals surface area contributed by atoms with Crippen molar-refractivity contribution in [2.24, 2.45) is 0 Å². The Hall–Kier alpha value is -0.570. The zero-order chi connectivity index (χ0) is 19.0. The lowest BCUT2D eigenvalue weighted by Gasteiger charge is -2.28. The molecule has 0 amide bonds. The standard InChI is InChI=1S/C16H25F7O2/c17-14(18,15(19,20)16(21,22)23)10-6-3-1-2-4-7-11-24-13-9-5-8-12-25-13/h13H,1-12H2. The molecule has 1 saturated heterocycles. The van der Waals surface area contributed by atoms with Gasteiger partial charge in [-0.1, -0.05) is 25.7 Å². The molecule has 25 heavy (non-hydrogen) atoms. The van der Waals surface area contributed by atoms with Crippen molar-refractivity contribution in [2.45, 2.75) is 88.5 Å². The van der Waals surface area contributed by atoms with E-state index in [1.54, 1.807) is 0 Å². The molecule has 9 heteroatoms. The largest absolute Gasteiger partial charge is 0.459 e. The highest BCUT2D eigenvalue weighted by molar-refractivity contribution is 4.90. The van der Waals surface area contributed by atoms with E-state index in [2.05, 4.69) is 0 Å². The maximum absolute atomic E-state index is 13.1. The molecule has 0 bridgehead atoms. The summed E-state index contributed by atoms with van der Waals surface area (Å²) in [6, 6.07) is 0. The first-order valence-corrected chi connectivity index (χ1v) is 8.63. The number of halogens is 7. The van der Waals surface area contributed by atoms with E-state index in [-0.39, 0.29) is 19.1 Å². The summed E-state index contributed by atoms with van der Waals surface area (Å²) in [5.41, 5.74) is 0. The van der Waals surface area contributed by atoms with Gasteiger partial charge in [0, 0.05) is 19.6 Å². The van der Waals surface area contributed by atoms with E-state index in [0.717, 1.165) is 32.1 Å². The van der Waals surface area contributed by atoms with Crippen LogP contribution in [-0.2, 0) is 9.47 Å². The van der Waals surface area contributed by atoms with Crippen molar-refractivity contribution in [1.29, 1.82) is 0 Å². The van der Waals surface area contributed by atoms with Crippen LogP contribution in [0.5, 0.6) is 0 Å². The minimum atomic E-state index is -6.24. The van der Waals surface area contributed by atoms with Gasteiger partial charge in [0.25, 0.3) is 0 Å². The van der Waals surface area contributed by atoms with Crippen LogP contribution < -0.4 is 0 Å². The molecule has 0 saturated carbocycles. The molecule has 0 aromatic rings. The second kappa shape index (κ2) is 9.94. The summed E-state index contributed by atoms with van der Waals surface area (Å²) in [6.45, 7) is 1.23. The first kappa shape index (κ1) is 22.5. The summed E-state index contributed by atoms with van der Waals surface area (Å²) in [7, 11) is 0. The van der Waals surface area contributed by atoms with Gasteiger partial charge in [0.1, 0.15) is 0 Å². The Labute approximate surface area is 143 Å². The van der Waals surface area contributed by atoms with Crippen LogP contribution in [0.2, 0.25) is 0 Å². The number of alkyl halides is 7. The van der Waals surface area contributed by atoms with Crippen LogP contribution in [-0.4, -0.2) is 37.5 Å². The SMILES string of the molecule is FC(F)(F)C(F)(F)C(F)(F)CCCCCCCCOC1CCCCO1. The fourth-order valence-electron chi connectivity index (χ4n) is 2.58.